The Hall–Kier alpha value is -2.06. The van der Waals surface area contributed by atoms with Crippen molar-refractivity contribution in [2.75, 3.05) is 13.2 Å². The lowest BCUT2D eigenvalue weighted by atomic mass is 9.98. The molecule has 4 heteroatoms. The Bertz CT molecular complexity index is 740. The molecule has 1 aliphatic heterocycles. The maximum atomic E-state index is 10.7. The molecule has 0 radical (unpaired) electrons. The van der Waals surface area contributed by atoms with Crippen LogP contribution in [0.3, 0.4) is 0 Å². The summed E-state index contributed by atoms with van der Waals surface area (Å²) < 4.78 is 17.8. The van der Waals surface area contributed by atoms with Gasteiger partial charge in [-0.05, 0) is 50.2 Å². The molecule has 4 nitrogen and oxygen atoms in total. The van der Waals surface area contributed by atoms with E-state index in [1.165, 1.54) is 19.3 Å². The van der Waals surface area contributed by atoms with Crippen molar-refractivity contribution in [1.82, 2.24) is 0 Å². The van der Waals surface area contributed by atoms with Crippen molar-refractivity contribution in [3.05, 3.63) is 54.6 Å². The number of ether oxygens (including phenoxy) is 3. The maximum absolute atomic E-state index is 10.7. The Labute approximate surface area is 194 Å². The summed E-state index contributed by atoms with van der Waals surface area (Å²) in [7, 11) is 0. The van der Waals surface area contributed by atoms with E-state index in [1.807, 2.05) is 24.3 Å². The molecule has 0 aromatic heterocycles. The van der Waals surface area contributed by atoms with E-state index >= 15 is 0 Å². The summed E-state index contributed by atoms with van der Waals surface area (Å²) in [5.74, 6) is 6.92. The smallest absolute Gasteiger partial charge is 0.157 e. The van der Waals surface area contributed by atoms with Crippen molar-refractivity contribution in [1.29, 1.82) is 0 Å². The van der Waals surface area contributed by atoms with E-state index in [0.717, 1.165) is 55.6 Å². The van der Waals surface area contributed by atoms with Crippen LogP contribution in [0, 0.1) is 11.8 Å². The van der Waals surface area contributed by atoms with Gasteiger partial charge in [-0.25, -0.2) is 0 Å². The van der Waals surface area contributed by atoms with E-state index in [4.69, 9.17) is 14.2 Å². The second kappa shape index (κ2) is 15.7. The standard InChI is InChI=1S/C28H40O4/c1-4-7-8-15-23(32-28-20-11-12-22-31-28)16-9-10-18-26(29)24-17-13-19-27(30-21-6-3)25(24)14-5-2/h5-6,13,17,19,23,26,28-29H,2-4,7-9,11-12,14-16,20-22H2,1H3/t23-,26-,28?/m0/s1. The quantitative estimate of drug-likeness (QED) is 0.210. The number of allylic oxidation sites excluding steroid dienone is 1. The highest BCUT2D eigenvalue weighted by Gasteiger charge is 2.19. The van der Waals surface area contributed by atoms with E-state index in [-0.39, 0.29) is 12.4 Å². The number of aliphatic hydroxyl groups is 1. The topological polar surface area (TPSA) is 47.9 Å². The van der Waals surface area contributed by atoms with Crippen molar-refractivity contribution in [2.45, 2.75) is 89.6 Å². The van der Waals surface area contributed by atoms with Crippen molar-refractivity contribution < 1.29 is 19.3 Å². The van der Waals surface area contributed by atoms with E-state index in [9.17, 15) is 5.11 Å². The van der Waals surface area contributed by atoms with Crippen LogP contribution in [0.25, 0.3) is 0 Å². The van der Waals surface area contributed by atoms with Crippen LogP contribution < -0.4 is 4.74 Å². The molecule has 1 saturated heterocycles. The molecule has 1 unspecified atom stereocenters. The summed E-state index contributed by atoms with van der Waals surface area (Å²) in [4.78, 5) is 0. The van der Waals surface area contributed by atoms with Gasteiger partial charge in [0.2, 0.25) is 0 Å². The number of aliphatic hydroxyl groups excluding tert-OH is 1. The summed E-state index contributed by atoms with van der Waals surface area (Å²) in [6, 6.07) is 5.68. The highest BCUT2D eigenvalue weighted by Crippen LogP contribution is 2.28. The molecule has 3 atom stereocenters. The summed E-state index contributed by atoms with van der Waals surface area (Å²) in [5, 5.41) is 10.7. The van der Waals surface area contributed by atoms with E-state index < -0.39 is 6.10 Å². The lowest BCUT2D eigenvalue weighted by Gasteiger charge is -2.27. The highest BCUT2D eigenvalue weighted by molar-refractivity contribution is 5.44. The van der Waals surface area contributed by atoms with Crippen LogP contribution in [-0.4, -0.2) is 30.7 Å². The summed E-state index contributed by atoms with van der Waals surface area (Å²) in [6.45, 7) is 11.0. The first-order valence-electron chi connectivity index (χ1n) is 12.1. The normalized spacial score (nSPS) is 17.6. The maximum Gasteiger partial charge on any atom is 0.157 e. The van der Waals surface area contributed by atoms with Gasteiger partial charge in [-0.3, -0.25) is 0 Å². The molecule has 2 rings (SSSR count). The third-order valence-electron chi connectivity index (χ3n) is 5.61. The van der Waals surface area contributed by atoms with E-state index in [2.05, 4.69) is 31.9 Å². The van der Waals surface area contributed by atoms with Gasteiger partial charge in [0.15, 0.2) is 6.29 Å². The molecule has 0 saturated carbocycles. The molecule has 1 heterocycles. The average Bonchev–Trinajstić information content (AvgIpc) is 2.81. The van der Waals surface area contributed by atoms with Gasteiger partial charge in [-0.2, -0.15) is 0 Å². The zero-order chi connectivity index (χ0) is 23.0. The molecule has 176 valence electrons. The van der Waals surface area contributed by atoms with Gasteiger partial charge in [-0.15, -0.1) is 12.5 Å². The molecule has 1 aromatic rings. The van der Waals surface area contributed by atoms with Crippen LogP contribution in [0.2, 0.25) is 0 Å². The van der Waals surface area contributed by atoms with Crippen LogP contribution in [0.15, 0.2) is 43.5 Å². The van der Waals surface area contributed by atoms with Crippen LogP contribution >= 0.6 is 0 Å². The van der Waals surface area contributed by atoms with Crippen LogP contribution in [0.1, 0.15) is 81.9 Å². The summed E-state index contributed by atoms with van der Waals surface area (Å²) >= 11 is 0. The van der Waals surface area contributed by atoms with Crippen molar-refractivity contribution in [3.8, 4) is 17.6 Å². The van der Waals surface area contributed by atoms with Crippen molar-refractivity contribution in [2.24, 2.45) is 0 Å². The first kappa shape index (κ1) is 26.2. The molecule has 32 heavy (non-hydrogen) atoms. The van der Waals surface area contributed by atoms with Crippen LogP contribution in [0.4, 0.5) is 0 Å². The van der Waals surface area contributed by atoms with Gasteiger partial charge in [0.25, 0.3) is 0 Å². The van der Waals surface area contributed by atoms with E-state index in [1.54, 1.807) is 6.08 Å². The predicted octanol–water partition coefficient (Wildman–Crippen LogP) is 6.29. The fourth-order valence-corrected chi connectivity index (χ4v) is 3.90. The van der Waals surface area contributed by atoms with Gasteiger partial charge < -0.3 is 19.3 Å². The van der Waals surface area contributed by atoms with E-state index in [0.29, 0.717) is 19.4 Å². The average molecular weight is 441 g/mol. The first-order chi connectivity index (χ1) is 15.7. The second-order valence-corrected chi connectivity index (χ2v) is 8.23. The zero-order valence-electron chi connectivity index (χ0n) is 19.7. The minimum absolute atomic E-state index is 0.0753. The third kappa shape index (κ3) is 9.20. The van der Waals surface area contributed by atoms with Crippen molar-refractivity contribution >= 4 is 0 Å². The lowest BCUT2D eigenvalue weighted by Crippen LogP contribution is -2.28. The third-order valence-corrected chi connectivity index (χ3v) is 5.61. The van der Waals surface area contributed by atoms with Gasteiger partial charge in [0.1, 0.15) is 18.5 Å². The molecule has 0 aliphatic carbocycles. The Morgan fingerprint density at radius 3 is 2.81 bits per heavy atom. The first-order valence-corrected chi connectivity index (χ1v) is 12.1. The number of rotatable bonds is 14. The Morgan fingerprint density at radius 1 is 1.22 bits per heavy atom. The van der Waals surface area contributed by atoms with Crippen molar-refractivity contribution in [3.63, 3.8) is 0 Å². The SMILES string of the molecule is C=CCOc1cccc([C@@H](O)C#CCC[C@H](CCCCC)OC2CCCCO2)c1CC=C. The molecule has 0 spiro atoms. The molecule has 1 N–H and O–H groups in total. The van der Waals surface area contributed by atoms with Gasteiger partial charge >= 0.3 is 0 Å². The molecular weight excluding hydrogens is 400 g/mol. The Morgan fingerprint density at radius 2 is 2.09 bits per heavy atom. The Balaban J connectivity index is 1.98. The fraction of sp³-hybridized carbons (Fsp3) is 0.571. The van der Waals surface area contributed by atoms with Crippen LogP contribution in [0.5, 0.6) is 5.75 Å². The second-order valence-electron chi connectivity index (χ2n) is 8.23. The monoisotopic (exact) mass is 440 g/mol. The number of hydrogen-bond donors (Lipinski definition) is 1. The van der Waals surface area contributed by atoms with Gasteiger partial charge in [0, 0.05) is 18.6 Å². The summed E-state index contributed by atoms with van der Waals surface area (Å²) in [5.41, 5.74) is 1.69. The number of benzene rings is 1. The predicted molar refractivity (Wildman–Crippen MR) is 131 cm³/mol. The van der Waals surface area contributed by atoms with Crippen LogP contribution in [-0.2, 0) is 15.9 Å². The highest BCUT2D eigenvalue weighted by atomic mass is 16.7. The van der Waals surface area contributed by atoms with Gasteiger partial charge in [-0.1, -0.05) is 63.0 Å². The molecule has 1 fully saturated rings. The molecule has 0 amide bonds. The number of hydrogen-bond acceptors (Lipinski definition) is 4. The summed E-state index contributed by atoms with van der Waals surface area (Å²) in [6.07, 6.45) is 12.7. The minimum atomic E-state index is -0.863. The Kier molecular flexibility index (Phi) is 12.8. The zero-order valence-corrected chi connectivity index (χ0v) is 19.7. The molecular formula is C28H40O4. The molecule has 0 bridgehead atoms. The minimum Gasteiger partial charge on any atom is -0.489 e. The largest absolute Gasteiger partial charge is 0.489 e. The fourth-order valence-electron chi connectivity index (χ4n) is 3.90. The lowest BCUT2D eigenvalue weighted by molar-refractivity contribution is -0.190. The number of unbranched alkanes of at least 4 members (excludes halogenated alkanes) is 2. The van der Waals surface area contributed by atoms with Gasteiger partial charge in [0.05, 0.1) is 6.10 Å². The molecule has 1 aliphatic rings. The molecule has 1 aromatic carbocycles.